The number of hydrogen-bond acceptors (Lipinski definition) is 0. The molecule has 0 aromatic carbocycles. The average Bonchev–Trinajstić information content (AvgIpc) is 1.86. The largest absolute Gasteiger partial charge is 0.211 e. The molecule has 2 radical (unpaired) electrons. The van der Waals surface area contributed by atoms with Crippen LogP contribution in [0, 0.1) is 6.42 Å². The van der Waals surface area contributed by atoms with Gasteiger partial charge in [0.15, 0.2) is 0 Å². The van der Waals surface area contributed by atoms with Crippen LogP contribution in [0.5, 0.6) is 0 Å². The highest BCUT2D eigenvalue weighted by Gasteiger charge is 2.00. The van der Waals surface area contributed by atoms with Crippen LogP contribution in [0.1, 0.15) is 12.8 Å². The smallest absolute Gasteiger partial charge is 0.104 e. The molecule has 6 heavy (non-hydrogen) atoms. The van der Waals surface area contributed by atoms with Gasteiger partial charge in [-0.3, -0.25) is 0 Å². The number of allylic oxidation sites excluding steroid dienone is 2. The minimum Gasteiger partial charge on any atom is -0.211 e. The van der Waals surface area contributed by atoms with Gasteiger partial charge in [-0.05, 0) is 12.8 Å². The molecule has 32 valence electrons. The van der Waals surface area contributed by atoms with Crippen molar-refractivity contribution < 1.29 is 4.39 Å². The average molecular weight is 84.1 g/mol. The molecule has 1 heteroatoms. The summed E-state index contributed by atoms with van der Waals surface area (Å²) in [4.78, 5) is 0. The molecule has 0 bridgehead atoms. The molecule has 0 aliphatic heterocycles. The third-order valence-corrected chi connectivity index (χ3v) is 0.762. The molecule has 0 aromatic heterocycles. The molecule has 0 fully saturated rings. The maximum absolute atomic E-state index is 11.7. The van der Waals surface area contributed by atoms with Gasteiger partial charge < -0.3 is 0 Å². The molecule has 0 spiro atoms. The first kappa shape index (κ1) is 3.85. The molecule has 0 aromatic rings. The summed E-state index contributed by atoms with van der Waals surface area (Å²) in [5.74, 6) is -0.171. The molecular weight excluding hydrogens is 79.1 g/mol. The number of halogens is 1. The minimum atomic E-state index is -0.171. The Morgan fingerprint density at radius 1 is 1.83 bits per heavy atom. The SMILES string of the molecule is FC1=CCC[C]1. The van der Waals surface area contributed by atoms with Crippen LogP contribution in [0.4, 0.5) is 4.39 Å². The second kappa shape index (κ2) is 1.41. The van der Waals surface area contributed by atoms with Gasteiger partial charge in [0.05, 0.1) is 0 Å². The lowest BCUT2D eigenvalue weighted by atomic mass is 10.4. The molecule has 0 saturated heterocycles. The lowest BCUT2D eigenvalue weighted by Crippen LogP contribution is -1.59. The van der Waals surface area contributed by atoms with Crippen molar-refractivity contribution in [3.63, 3.8) is 0 Å². The van der Waals surface area contributed by atoms with Crippen LogP contribution in [0.2, 0.25) is 0 Å². The Morgan fingerprint density at radius 3 is 2.83 bits per heavy atom. The Morgan fingerprint density at radius 2 is 2.67 bits per heavy atom. The Hall–Kier alpha value is -0.330. The zero-order chi connectivity index (χ0) is 4.41. The minimum absolute atomic E-state index is 0.171. The van der Waals surface area contributed by atoms with E-state index in [-0.39, 0.29) is 5.83 Å². The molecule has 0 nitrogen and oxygen atoms in total. The van der Waals surface area contributed by atoms with Crippen molar-refractivity contribution in [3.8, 4) is 0 Å². The van der Waals surface area contributed by atoms with Gasteiger partial charge in [0.25, 0.3) is 0 Å². The Bertz CT molecular complexity index is 74.0. The van der Waals surface area contributed by atoms with Crippen molar-refractivity contribution in [2.45, 2.75) is 12.8 Å². The third-order valence-electron chi connectivity index (χ3n) is 0.762. The Kier molecular flexibility index (Phi) is 0.906. The van der Waals surface area contributed by atoms with E-state index < -0.39 is 0 Å². The molecule has 1 rings (SSSR count). The summed E-state index contributed by atoms with van der Waals surface area (Å²) >= 11 is 0. The van der Waals surface area contributed by atoms with Gasteiger partial charge in [-0.2, -0.15) is 0 Å². The zero-order valence-corrected chi connectivity index (χ0v) is 3.37. The van der Waals surface area contributed by atoms with Crippen LogP contribution < -0.4 is 0 Å². The van der Waals surface area contributed by atoms with Gasteiger partial charge in [-0.25, -0.2) is 4.39 Å². The van der Waals surface area contributed by atoms with Gasteiger partial charge in [0.2, 0.25) is 0 Å². The molecule has 0 saturated carbocycles. The molecule has 0 atom stereocenters. The molecule has 1 aliphatic rings. The predicted octanol–water partition coefficient (Wildman–Crippen LogP) is 1.71. The van der Waals surface area contributed by atoms with Gasteiger partial charge in [0.1, 0.15) is 5.83 Å². The molecule has 0 amide bonds. The van der Waals surface area contributed by atoms with E-state index >= 15 is 0 Å². The number of hydrogen-bond donors (Lipinski definition) is 0. The summed E-state index contributed by atoms with van der Waals surface area (Å²) < 4.78 is 11.7. The fraction of sp³-hybridized carbons (Fsp3) is 0.400. The first-order chi connectivity index (χ1) is 2.89. The fourth-order valence-corrected chi connectivity index (χ4v) is 0.463. The van der Waals surface area contributed by atoms with E-state index in [1.807, 2.05) is 0 Å². The molecular formula is C5H5F. The number of rotatable bonds is 0. The Balaban J connectivity index is 2.45. The maximum Gasteiger partial charge on any atom is 0.104 e. The summed E-state index contributed by atoms with van der Waals surface area (Å²) in [6, 6.07) is 0. The first-order valence-corrected chi connectivity index (χ1v) is 1.99. The highest BCUT2D eigenvalue weighted by atomic mass is 19.1. The molecule has 0 heterocycles. The van der Waals surface area contributed by atoms with Gasteiger partial charge >= 0.3 is 0 Å². The van der Waals surface area contributed by atoms with Crippen LogP contribution in [-0.2, 0) is 0 Å². The van der Waals surface area contributed by atoms with Crippen molar-refractivity contribution >= 4 is 0 Å². The Labute approximate surface area is 36.7 Å². The van der Waals surface area contributed by atoms with E-state index in [9.17, 15) is 4.39 Å². The van der Waals surface area contributed by atoms with Crippen molar-refractivity contribution in [1.29, 1.82) is 0 Å². The summed E-state index contributed by atoms with van der Waals surface area (Å²) in [6.45, 7) is 0. The van der Waals surface area contributed by atoms with E-state index in [0.29, 0.717) is 0 Å². The van der Waals surface area contributed by atoms with Gasteiger partial charge in [-0.15, -0.1) is 0 Å². The van der Waals surface area contributed by atoms with E-state index in [0.717, 1.165) is 12.8 Å². The van der Waals surface area contributed by atoms with Crippen molar-refractivity contribution in [1.82, 2.24) is 0 Å². The van der Waals surface area contributed by atoms with Crippen molar-refractivity contribution in [2.24, 2.45) is 0 Å². The third kappa shape index (κ3) is 0.588. The quantitative estimate of drug-likeness (QED) is 0.419. The van der Waals surface area contributed by atoms with Crippen molar-refractivity contribution in [2.75, 3.05) is 0 Å². The van der Waals surface area contributed by atoms with Crippen molar-refractivity contribution in [3.05, 3.63) is 18.3 Å². The van der Waals surface area contributed by atoms with Crippen LogP contribution >= 0.6 is 0 Å². The van der Waals surface area contributed by atoms with Crippen LogP contribution in [0.3, 0.4) is 0 Å². The fourth-order valence-electron chi connectivity index (χ4n) is 0.463. The molecule has 0 N–H and O–H groups in total. The second-order valence-electron chi connectivity index (χ2n) is 1.27. The van der Waals surface area contributed by atoms with E-state index in [2.05, 4.69) is 6.42 Å². The topological polar surface area (TPSA) is 0 Å². The standard InChI is InChI=1S/C5H5F/c6-5-3-1-2-4-5/h3H,1-2H2. The normalized spacial score (nSPS) is 21.2. The highest BCUT2D eigenvalue weighted by Crippen LogP contribution is 2.15. The highest BCUT2D eigenvalue weighted by molar-refractivity contribution is 5.10. The van der Waals surface area contributed by atoms with E-state index in [1.165, 1.54) is 0 Å². The zero-order valence-electron chi connectivity index (χ0n) is 3.37. The van der Waals surface area contributed by atoms with Gasteiger partial charge in [0, 0.05) is 6.42 Å². The summed E-state index contributed by atoms with van der Waals surface area (Å²) in [6.07, 6.45) is 5.66. The predicted molar refractivity (Wildman–Crippen MR) is 21.7 cm³/mol. The van der Waals surface area contributed by atoms with Gasteiger partial charge in [-0.1, -0.05) is 6.08 Å². The first-order valence-electron chi connectivity index (χ1n) is 1.99. The second-order valence-corrected chi connectivity index (χ2v) is 1.27. The van der Waals surface area contributed by atoms with Crippen LogP contribution in [0.25, 0.3) is 0 Å². The molecule has 0 unspecified atom stereocenters. The lowest BCUT2D eigenvalue weighted by molar-refractivity contribution is 0.653. The summed E-state index contributed by atoms with van der Waals surface area (Å²) in [5.41, 5.74) is 0. The van der Waals surface area contributed by atoms with E-state index in [4.69, 9.17) is 0 Å². The van der Waals surface area contributed by atoms with E-state index in [1.54, 1.807) is 6.08 Å². The summed E-state index contributed by atoms with van der Waals surface area (Å²) in [5, 5.41) is 0. The van der Waals surface area contributed by atoms with Crippen LogP contribution in [-0.4, -0.2) is 0 Å². The lowest BCUT2D eigenvalue weighted by Gasteiger charge is -1.73. The monoisotopic (exact) mass is 84.0 g/mol. The summed E-state index contributed by atoms with van der Waals surface area (Å²) in [7, 11) is 0. The molecule has 1 aliphatic carbocycles. The maximum atomic E-state index is 11.7. The van der Waals surface area contributed by atoms with Crippen LogP contribution in [0.15, 0.2) is 11.9 Å².